The van der Waals surface area contributed by atoms with Crippen LogP contribution in [0, 0.1) is 0 Å². The fraction of sp³-hybridized carbons (Fsp3) is 0.250. The molecule has 5 nitrogen and oxygen atoms in total. The van der Waals surface area contributed by atoms with E-state index in [1.807, 2.05) is 47.4 Å². The Morgan fingerprint density at radius 1 is 1.19 bits per heavy atom. The Morgan fingerprint density at radius 3 is 2.86 bits per heavy atom. The van der Waals surface area contributed by atoms with Gasteiger partial charge in [-0.3, -0.25) is 15.5 Å². The first-order valence-electron chi connectivity index (χ1n) is 7.16. The second kappa shape index (κ2) is 6.03. The highest BCUT2D eigenvalue weighted by molar-refractivity contribution is 5.82. The van der Waals surface area contributed by atoms with Crippen molar-refractivity contribution in [1.29, 1.82) is 0 Å². The van der Waals surface area contributed by atoms with Crippen molar-refractivity contribution in [2.75, 3.05) is 0 Å². The van der Waals surface area contributed by atoms with E-state index in [0.717, 1.165) is 35.1 Å². The van der Waals surface area contributed by atoms with Gasteiger partial charge in [-0.1, -0.05) is 25.1 Å². The number of fused-ring (bicyclic) bond motifs is 1. The molecule has 0 saturated carbocycles. The van der Waals surface area contributed by atoms with Crippen LogP contribution in [0.25, 0.3) is 10.9 Å². The second-order valence-corrected chi connectivity index (χ2v) is 5.00. The van der Waals surface area contributed by atoms with E-state index in [4.69, 9.17) is 5.84 Å². The summed E-state index contributed by atoms with van der Waals surface area (Å²) in [4.78, 5) is 4.41. The summed E-state index contributed by atoms with van der Waals surface area (Å²) in [7, 11) is 0. The molecule has 108 valence electrons. The average molecular weight is 281 g/mol. The van der Waals surface area contributed by atoms with E-state index in [9.17, 15) is 0 Å². The lowest BCUT2D eigenvalue weighted by atomic mass is 10.00. The molecule has 2 heterocycles. The van der Waals surface area contributed by atoms with Gasteiger partial charge in [0, 0.05) is 24.3 Å². The zero-order valence-electron chi connectivity index (χ0n) is 12.0. The molecule has 21 heavy (non-hydrogen) atoms. The predicted molar refractivity (Wildman–Crippen MR) is 83.4 cm³/mol. The number of para-hydroxylation sites is 1. The first-order valence-corrected chi connectivity index (χ1v) is 7.16. The standard InChI is InChI=1S/C16H19N5/c1-2-11-21-15(8-10-19-21)16(20-17)13-7-9-18-14-6-4-3-5-12(13)14/h3-10,16,20H,2,11,17H2,1H3. The van der Waals surface area contributed by atoms with Gasteiger partial charge in [-0.25, -0.2) is 5.43 Å². The molecule has 0 fully saturated rings. The van der Waals surface area contributed by atoms with Crippen molar-refractivity contribution in [3.05, 3.63) is 60.0 Å². The zero-order chi connectivity index (χ0) is 14.7. The third-order valence-electron chi connectivity index (χ3n) is 3.64. The first-order chi connectivity index (χ1) is 10.3. The van der Waals surface area contributed by atoms with Crippen LogP contribution >= 0.6 is 0 Å². The lowest BCUT2D eigenvalue weighted by Crippen LogP contribution is -2.31. The highest BCUT2D eigenvalue weighted by Gasteiger charge is 2.19. The van der Waals surface area contributed by atoms with Crippen molar-refractivity contribution in [2.45, 2.75) is 25.9 Å². The van der Waals surface area contributed by atoms with Crippen LogP contribution < -0.4 is 11.3 Å². The summed E-state index contributed by atoms with van der Waals surface area (Å²) in [5.74, 6) is 5.84. The molecule has 0 bridgehead atoms. The molecule has 0 amide bonds. The zero-order valence-corrected chi connectivity index (χ0v) is 12.0. The molecular weight excluding hydrogens is 262 g/mol. The van der Waals surface area contributed by atoms with Crippen LogP contribution in [0.4, 0.5) is 0 Å². The van der Waals surface area contributed by atoms with Gasteiger partial charge in [0.1, 0.15) is 0 Å². The van der Waals surface area contributed by atoms with Crippen molar-refractivity contribution < 1.29 is 0 Å². The van der Waals surface area contributed by atoms with E-state index in [2.05, 4.69) is 28.5 Å². The minimum atomic E-state index is -0.105. The van der Waals surface area contributed by atoms with Crippen LogP contribution in [0.2, 0.25) is 0 Å². The third-order valence-corrected chi connectivity index (χ3v) is 3.64. The first kappa shape index (κ1) is 13.7. The number of hydrazine groups is 1. The Labute approximate surface area is 123 Å². The number of nitrogens with one attached hydrogen (secondary N) is 1. The molecule has 0 saturated heterocycles. The van der Waals surface area contributed by atoms with Gasteiger partial charge < -0.3 is 0 Å². The Kier molecular flexibility index (Phi) is 3.94. The normalized spacial score (nSPS) is 12.7. The smallest absolute Gasteiger partial charge is 0.0885 e. The molecule has 1 atom stereocenters. The molecule has 0 spiro atoms. The van der Waals surface area contributed by atoms with Gasteiger partial charge in [0.2, 0.25) is 0 Å². The number of rotatable bonds is 5. The quantitative estimate of drug-likeness (QED) is 0.556. The number of nitrogens with zero attached hydrogens (tertiary/aromatic N) is 3. The molecule has 5 heteroatoms. The van der Waals surface area contributed by atoms with Gasteiger partial charge in [-0.15, -0.1) is 0 Å². The molecule has 0 aliphatic rings. The molecule has 3 aromatic rings. The molecule has 0 radical (unpaired) electrons. The summed E-state index contributed by atoms with van der Waals surface area (Å²) >= 11 is 0. The lowest BCUT2D eigenvalue weighted by Gasteiger charge is -2.19. The van der Waals surface area contributed by atoms with Gasteiger partial charge in [0.15, 0.2) is 0 Å². The summed E-state index contributed by atoms with van der Waals surface area (Å²) in [6, 6.07) is 12.0. The van der Waals surface area contributed by atoms with Crippen molar-refractivity contribution in [3.63, 3.8) is 0 Å². The number of aromatic nitrogens is 3. The van der Waals surface area contributed by atoms with Gasteiger partial charge in [-0.2, -0.15) is 5.10 Å². The highest BCUT2D eigenvalue weighted by atomic mass is 15.3. The van der Waals surface area contributed by atoms with Crippen LogP contribution in [0.1, 0.15) is 30.6 Å². The van der Waals surface area contributed by atoms with Gasteiger partial charge >= 0.3 is 0 Å². The van der Waals surface area contributed by atoms with Crippen molar-refractivity contribution in [2.24, 2.45) is 5.84 Å². The van der Waals surface area contributed by atoms with Crippen molar-refractivity contribution in [1.82, 2.24) is 20.2 Å². The fourth-order valence-electron chi connectivity index (χ4n) is 2.69. The number of benzene rings is 1. The summed E-state index contributed by atoms with van der Waals surface area (Å²) in [6.45, 7) is 3.02. The highest BCUT2D eigenvalue weighted by Crippen LogP contribution is 2.27. The number of nitrogens with two attached hydrogens (primary N) is 1. The molecular formula is C16H19N5. The molecule has 0 aliphatic carbocycles. The van der Waals surface area contributed by atoms with Crippen molar-refractivity contribution in [3.8, 4) is 0 Å². The van der Waals surface area contributed by atoms with E-state index >= 15 is 0 Å². The van der Waals surface area contributed by atoms with Crippen LogP contribution in [0.15, 0.2) is 48.8 Å². The number of hydrogen-bond donors (Lipinski definition) is 2. The maximum atomic E-state index is 5.84. The second-order valence-electron chi connectivity index (χ2n) is 5.00. The van der Waals surface area contributed by atoms with Gasteiger partial charge in [0.25, 0.3) is 0 Å². The molecule has 3 rings (SSSR count). The molecule has 1 unspecified atom stereocenters. The number of hydrogen-bond acceptors (Lipinski definition) is 4. The van der Waals surface area contributed by atoms with Crippen LogP contribution in [0.5, 0.6) is 0 Å². The Hall–Kier alpha value is -2.24. The predicted octanol–water partition coefficient (Wildman–Crippen LogP) is 2.39. The van der Waals surface area contributed by atoms with E-state index in [1.165, 1.54) is 0 Å². The monoisotopic (exact) mass is 281 g/mol. The Balaban J connectivity index is 2.12. The summed E-state index contributed by atoms with van der Waals surface area (Å²) in [5, 5.41) is 5.49. The number of aryl methyl sites for hydroxylation is 1. The minimum absolute atomic E-state index is 0.105. The van der Waals surface area contributed by atoms with E-state index in [0.29, 0.717) is 0 Å². The Bertz CT molecular complexity index is 729. The molecule has 0 aliphatic heterocycles. The fourth-order valence-corrected chi connectivity index (χ4v) is 2.69. The van der Waals surface area contributed by atoms with Crippen LogP contribution in [-0.2, 0) is 6.54 Å². The Morgan fingerprint density at radius 2 is 2.05 bits per heavy atom. The van der Waals surface area contributed by atoms with Gasteiger partial charge in [0.05, 0.1) is 17.3 Å². The molecule has 1 aromatic carbocycles. The van der Waals surface area contributed by atoms with E-state index in [1.54, 1.807) is 0 Å². The lowest BCUT2D eigenvalue weighted by molar-refractivity contribution is 0.522. The minimum Gasteiger partial charge on any atom is -0.271 e. The van der Waals surface area contributed by atoms with E-state index < -0.39 is 0 Å². The maximum Gasteiger partial charge on any atom is 0.0885 e. The van der Waals surface area contributed by atoms with Crippen molar-refractivity contribution >= 4 is 10.9 Å². The maximum absolute atomic E-state index is 5.84. The third kappa shape index (κ3) is 2.53. The SMILES string of the molecule is CCCn1nccc1C(NN)c1ccnc2ccccc12. The average Bonchev–Trinajstić information content (AvgIpc) is 2.97. The summed E-state index contributed by atoms with van der Waals surface area (Å²) < 4.78 is 2.00. The number of pyridine rings is 1. The topological polar surface area (TPSA) is 68.8 Å². The van der Waals surface area contributed by atoms with E-state index in [-0.39, 0.29) is 6.04 Å². The molecule has 3 N–H and O–H groups in total. The summed E-state index contributed by atoms with van der Waals surface area (Å²) in [5.41, 5.74) is 6.07. The summed E-state index contributed by atoms with van der Waals surface area (Å²) in [6.07, 6.45) is 4.67. The van der Waals surface area contributed by atoms with Crippen LogP contribution in [0.3, 0.4) is 0 Å². The van der Waals surface area contributed by atoms with Crippen LogP contribution in [-0.4, -0.2) is 14.8 Å². The largest absolute Gasteiger partial charge is 0.271 e. The molecule has 2 aromatic heterocycles. The van der Waals surface area contributed by atoms with Gasteiger partial charge in [-0.05, 0) is 30.2 Å².